The van der Waals surface area contributed by atoms with E-state index in [0.29, 0.717) is 0 Å². The van der Waals surface area contributed by atoms with Crippen molar-refractivity contribution in [2.75, 3.05) is 0 Å². The Morgan fingerprint density at radius 3 is 2.71 bits per heavy atom. The monoisotopic (exact) mass is 190 g/mol. The van der Waals surface area contributed by atoms with Gasteiger partial charge in [-0.2, -0.15) is 0 Å². The van der Waals surface area contributed by atoms with Crippen LogP contribution in [0.3, 0.4) is 0 Å². The molecule has 0 aliphatic heterocycles. The number of esters is 1. The lowest BCUT2D eigenvalue weighted by Gasteiger charge is -2.05. The third-order valence-electron chi connectivity index (χ3n) is 1.61. The molecule has 1 N–H and O–H groups in total. The van der Waals surface area contributed by atoms with Gasteiger partial charge in [0.1, 0.15) is 6.61 Å². The van der Waals surface area contributed by atoms with Gasteiger partial charge in [0, 0.05) is 0 Å². The summed E-state index contributed by atoms with van der Waals surface area (Å²) in [6.45, 7) is 0.123. The molecule has 0 fully saturated rings. The van der Waals surface area contributed by atoms with Gasteiger partial charge in [-0.05, 0) is 5.56 Å². The minimum absolute atomic E-state index is 0.123. The van der Waals surface area contributed by atoms with Gasteiger partial charge < -0.3 is 9.84 Å². The van der Waals surface area contributed by atoms with E-state index in [1.807, 2.05) is 36.3 Å². The quantitative estimate of drug-likeness (QED) is 0.564. The molecule has 1 atom stereocenters. The Morgan fingerprint density at radius 2 is 2.14 bits per heavy atom. The predicted molar refractivity (Wildman–Crippen MR) is 51.1 cm³/mol. The summed E-state index contributed by atoms with van der Waals surface area (Å²) in [5.41, 5.74) is 0.852. The number of carbonyl (C=O) groups is 1. The van der Waals surface area contributed by atoms with Crippen molar-refractivity contribution in [3.63, 3.8) is 0 Å². The van der Waals surface area contributed by atoms with E-state index < -0.39 is 12.1 Å². The second kappa shape index (κ2) is 5.05. The first kappa shape index (κ1) is 10.3. The van der Waals surface area contributed by atoms with Crippen LogP contribution in [0.2, 0.25) is 0 Å². The minimum Gasteiger partial charge on any atom is -0.458 e. The molecule has 3 nitrogen and oxygen atoms in total. The molecule has 0 radical (unpaired) electrons. The number of terminal acetylenes is 1. The van der Waals surface area contributed by atoms with E-state index in [1.54, 1.807) is 0 Å². The Kier molecular flexibility index (Phi) is 3.71. The molecule has 0 aromatic heterocycles. The number of benzene rings is 1. The molecular weight excluding hydrogens is 180 g/mol. The van der Waals surface area contributed by atoms with Crippen LogP contribution in [-0.4, -0.2) is 17.2 Å². The molecular formula is C11H10O3. The Balaban J connectivity index is 2.43. The van der Waals surface area contributed by atoms with Gasteiger partial charge in [0.2, 0.25) is 6.10 Å². The van der Waals surface area contributed by atoms with Crippen LogP contribution in [0.25, 0.3) is 0 Å². The Hall–Kier alpha value is -1.79. The van der Waals surface area contributed by atoms with E-state index in [-0.39, 0.29) is 6.61 Å². The Bertz CT molecular complexity index is 337. The third kappa shape index (κ3) is 2.92. The van der Waals surface area contributed by atoms with E-state index in [4.69, 9.17) is 16.3 Å². The number of hydrogen-bond donors (Lipinski definition) is 1. The van der Waals surface area contributed by atoms with Gasteiger partial charge in [-0.25, -0.2) is 4.79 Å². The lowest BCUT2D eigenvalue weighted by atomic mass is 10.2. The normalized spacial score (nSPS) is 11.4. The lowest BCUT2D eigenvalue weighted by Crippen LogP contribution is -2.20. The molecule has 3 heteroatoms. The molecule has 0 amide bonds. The highest BCUT2D eigenvalue weighted by molar-refractivity contribution is 5.77. The van der Waals surface area contributed by atoms with Gasteiger partial charge >= 0.3 is 5.97 Å². The van der Waals surface area contributed by atoms with Crippen LogP contribution in [0.4, 0.5) is 0 Å². The number of carbonyl (C=O) groups excluding carboxylic acids is 1. The fourth-order valence-corrected chi connectivity index (χ4v) is 0.876. The van der Waals surface area contributed by atoms with E-state index in [2.05, 4.69) is 0 Å². The molecule has 0 aliphatic rings. The number of aliphatic hydroxyl groups excluding tert-OH is 1. The maximum atomic E-state index is 10.9. The predicted octanol–water partition coefficient (Wildman–Crippen LogP) is 0.724. The Labute approximate surface area is 82.3 Å². The molecule has 0 unspecified atom stereocenters. The summed E-state index contributed by atoms with van der Waals surface area (Å²) in [6.07, 6.45) is 3.37. The van der Waals surface area contributed by atoms with Crippen molar-refractivity contribution < 1.29 is 14.6 Å². The standard InChI is InChI=1S/C11H10O3/c1-2-10(12)11(13)14-8-9-6-4-3-5-7-9/h1,3-7,10,12H,8H2/t10-/m0/s1. The van der Waals surface area contributed by atoms with Crippen LogP contribution in [0, 0.1) is 12.3 Å². The van der Waals surface area contributed by atoms with Crippen molar-refractivity contribution in [1.29, 1.82) is 0 Å². The highest BCUT2D eigenvalue weighted by Gasteiger charge is 2.12. The van der Waals surface area contributed by atoms with Crippen LogP contribution < -0.4 is 0 Å². The van der Waals surface area contributed by atoms with Crippen LogP contribution in [0.5, 0.6) is 0 Å². The van der Waals surface area contributed by atoms with Gasteiger partial charge in [0.15, 0.2) is 0 Å². The van der Waals surface area contributed by atoms with E-state index in [0.717, 1.165) is 5.56 Å². The van der Waals surface area contributed by atoms with Crippen molar-refractivity contribution in [1.82, 2.24) is 0 Å². The average molecular weight is 190 g/mol. The van der Waals surface area contributed by atoms with Crippen molar-refractivity contribution in [2.45, 2.75) is 12.7 Å². The summed E-state index contributed by atoms with van der Waals surface area (Å²) >= 11 is 0. The summed E-state index contributed by atoms with van der Waals surface area (Å²) in [4.78, 5) is 10.9. The summed E-state index contributed by atoms with van der Waals surface area (Å²) in [7, 11) is 0. The number of hydrogen-bond acceptors (Lipinski definition) is 3. The second-order valence-electron chi connectivity index (χ2n) is 2.66. The first-order chi connectivity index (χ1) is 6.74. The maximum absolute atomic E-state index is 10.9. The zero-order valence-electron chi connectivity index (χ0n) is 7.51. The van der Waals surface area contributed by atoms with Crippen molar-refractivity contribution in [3.8, 4) is 12.3 Å². The fourth-order valence-electron chi connectivity index (χ4n) is 0.876. The zero-order valence-corrected chi connectivity index (χ0v) is 7.51. The molecule has 14 heavy (non-hydrogen) atoms. The molecule has 0 heterocycles. The van der Waals surface area contributed by atoms with Crippen molar-refractivity contribution in [3.05, 3.63) is 35.9 Å². The number of ether oxygens (including phenoxy) is 1. The molecule has 1 aromatic carbocycles. The molecule has 0 aliphatic carbocycles. The van der Waals surface area contributed by atoms with Crippen LogP contribution in [0.15, 0.2) is 30.3 Å². The van der Waals surface area contributed by atoms with Gasteiger partial charge in [0.05, 0.1) is 0 Å². The van der Waals surface area contributed by atoms with Crippen LogP contribution >= 0.6 is 0 Å². The highest BCUT2D eigenvalue weighted by atomic mass is 16.5. The SMILES string of the molecule is C#C[C@H](O)C(=O)OCc1ccccc1. The van der Waals surface area contributed by atoms with Gasteiger partial charge in [-0.1, -0.05) is 36.3 Å². The van der Waals surface area contributed by atoms with Crippen LogP contribution in [-0.2, 0) is 16.1 Å². The molecule has 0 spiro atoms. The summed E-state index contributed by atoms with van der Waals surface area (Å²) in [6, 6.07) is 9.16. The van der Waals surface area contributed by atoms with Gasteiger partial charge in [-0.15, -0.1) is 6.42 Å². The van der Waals surface area contributed by atoms with E-state index in [1.165, 1.54) is 0 Å². The van der Waals surface area contributed by atoms with Crippen molar-refractivity contribution in [2.24, 2.45) is 0 Å². The van der Waals surface area contributed by atoms with E-state index >= 15 is 0 Å². The first-order valence-electron chi connectivity index (χ1n) is 4.09. The second-order valence-corrected chi connectivity index (χ2v) is 2.66. The molecule has 0 saturated heterocycles. The lowest BCUT2D eigenvalue weighted by molar-refractivity contribution is -0.151. The first-order valence-corrected chi connectivity index (χ1v) is 4.09. The maximum Gasteiger partial charge on any atom is 0.348 e. The fraction of sp³-hybridized carbons (Fsp3) is 0.182. The van der Waals surface area contributed by atoms with Gasteiger partial charge in [-0.3, -0.25) is 0 Å². The molecule has 0 bridgehead atoms. The number of aliphatic hydroxyl groups is 1. The minimum atomic E-state index is -1.47. The smallest absolute Gasteiger partial charge is 0.348 e. The summed E-state index contributed by atoms with van der Waals surface area (Å²) in [5.74, 6) is 1.09. The molecule has 72 valence electrons. The largest absolute Gasteiger partial charge is 0.458 e. The summed E-state index contributed by atoms with van der Waals surface area (Å²) < 4.78 is 4.75. The molecule has 1 rings (SSSR count). The van der Waals surface area contributed by atoms with Gasteiger partial charge in [0.25, 0.3) is 0 Å². The van der Waals surface area contributed by atoms with Crippen LogP contribution in [0.1, 0.15) is 5.56 Å². The zero-order chi connectivity index (χ0) is 10.4. The molecule has 1 aromatic rings. The third-order valence-corrected chi connectivity index (χ3v) is 1.61. The molecule has 0 saturated carbocycles. The number of rotatable bonds is 3. The topological polar surface area (TPSA) is 46.5 Å². The average Bonchev–Trinajstić information content (AvgIpc) is 2.26. The van der Waals surface area contributed by atoms with Crippen molar-refractivity contribution >= 4 is 5.97 Å². The van der Waals surface area contributed by atoms with E-state index in [9.17, 15) is 4.79 Å². The highest BCUT2D eigenvalue weighted by Crippen LogP contribution is 2.01. The summed E-state index contributed by atoms with van der Waals surface area (Å²) in [5, 5.41) is 8.89. The Morgan fingerprint density at radius 1 is 1.50 bits per heavy atom.